The number of hydrogen-bond acceptors (Lipinski definition) is 7. The van der Waals surface area contributed by atoms with Gasteiger partial charge in [0.2, 0.25) is 11.6 Å². The zero-order valence-corrected chi connectivity index (χ0v) is 20.4. The molecule has 36 heavy (non-hydrogen) atoms. The monoisotopic (exact) mass is 508 g/mol. The number of carbonyl (C=O) groups excluding carboxylic acids is 1. The van der Waals surface area contributed by atoms with E-state index in [1.807, 2.05) is 13.0 Å². The molecule has 3 aromatic carbocycles. The maximum atomic E-state index is 14.9. The number of hydrogen-bond donors (Lipinski definition) is 0. The highest BCUT2D eigenvalue weighted by Gasteiger charge is 2.25. The Kier molecular flexibility index (Phi) is 6.61. The first-order chi connectivity index (χ1) is 17.4. The number of Topliss-reactive ketones (excluding diaryl/α,β-unsaturated/α-hetero) is 1. The van der Waals surface area contributed by atoms with Crippen molar-refractivity contribution < 1.29 is 28.1 Å². The number of carbonyl (C=O) groups is 1. The molecule has 0 saturated carbocycles. The highest BCUT2D eigenvalue weighted by molar-refractivity contribution is 6.31. The zero-order valence-electron chi connectivity index (χ0n) is 19.6. The lowest BCUT2D eigenvalue weighted by atomic mass is 10.0. The number of ketones is 1. The Hall–Kier alpha value is -3.91. The van der Waals surface area contributed by atoms with Gasteiger partial charge in [-0.2, -0.15) is 0 Å². The van der Waals surface area contributed by atoms with Crippen LogP contribution in [0, 0.1) is 12.7 Å². The minimum Gasteiger partial charge on any atom is -0.493 e. The molecule has 0 fully saturated rings. The summed E-state index contributed by atoms with van der Waals surface area (Å²) in [7, 11) is 1.53. The van der Waals surface area contributed by atoms with Gasteiger partial charge in [-0.15, -0.1) is 0 Å². The molecule has 0 radical (unpaired) electrons. The first-order valence-electron chi connectivity index (χ1n) is 11.3. The van der Waals surface area contributed by atoms with Crippen molar-refractivity contribution >= 4 is 28.3 Å². The highest BCUT2D eigenvalue weighted by Crippen LogP contribution is 2.47. The van der Waals surface area contributed by atoms with Crippen LogP contribution in [-0.4, -0.2) is 36.1 Å². The Morgan fingerprint density at radius 2 is 1.86 bits per heavy atom. The predicted octanol–water partition coefficient (Wildman–Crippen LogP) is 5.66. The molecule has 184 valence electrons. The third-order valence-corrected chi connectivity index (χ3v) is 6.24. The van der Waals surface area contributed by atoms with E-state index in [0.717, 1.165) is 11.1 Å². The second-order valence-electron chi connectivity index (χ2n) is 8.34. The maximum Gasteiger partial charge on any atom is 0.234 e. The molecule has 0 bridgehead atoms. The summed E-state index contributed by atoms with van der Waals surface area (Å²) in [5.74, 6) is 1.08. The van der Waals surface area contributed by atoms with E-state index in [0.29, 0.717) is 46.4 Å². The first-order valence-corrected chi connectivity index (χ1v) is 11.6. The van der Waals surface area contributed by atoms with Crippen molar-refractivity contribution in [3.8, 4) is 28.9 Å². The fourth-order valence-electron chi connectivity index (χ4n) is 4.08. The number of aryl methyl sites for hydroxylation is 1. The number of ether oxygens (including phenoxy) is 4. The van der Waals surface area contributed by atoms with Crippen LogP contribution in [0.5, 0.6) is 28.9 Å². The third-order valence-electron chi connectivity index (χ3n) is 5.81. The average Bonchev–Trinajstić information content (AvgIpc) is 2.87. The molecule has 4 aromatic rings. The van der Waals surface area contributed by atoms with Gasteiger partial charge in [-0.05, 0) is 35.7 Å². The van der Waals surface area contributed by atoms with Gasteiger partial charge < -0.3 is 18.9 Å². The van der Waals surface area contributed by atoms with Crippen LogP contribution in [-0.2, 0) is 17.6 Å². The summed E-state index contributed by atoms with van der Waals surface area (Å²) in [6.45, 7) is 2.60. The molecule has 1 aliphatic rings. The van der Waals surface area contributed by atoms with E-state index >= 15 is 0 Å². The number of aromatic nitrogens is 2. The smallest absolute Gasteiger partial charge is 0.234 e. The standard InChI is InChI=1S/C27H22ClFN2O5/c1-15-9-16(3-6-20(15)28)10-18(32)11-17-4-5-19(12-21(17)29)36-27-24-22(30-14-31-27)13-23(33-2)25-26(24)35-8-7-34-25/h3-6,9,12-14H,7-8,10-11H2,1-2H3. The quantitative estimate of drug-likeness (QED) is 0.319. The average molecular weight is 509 g/mol. The zero-order chi connectivity index (χ0) is 25.2. The van der Waals surface area contributed by atoms with Crippen molar-refractivity contribution in [2.45, 2.75) is 19.8 Å². The number of halogens is 2. The Balaban J connectivity index is 1.37. The minimum atomic E-state index is -0.547. The molecule has 2 heterocycles. The fraction of sp³-hybridized carbons (Fsp3) is 0.222. The Bertz CT molecular complexity index is 1480. The Morgan fingerprint density at radius 3 is 2.61 bits per heavy atom. The molecule has 7 nitrogen and oxygen atoms in total. The lowest BCUT2D eigenvalue weighted by molar-refractivity contribution is -0.117. The minimum absolute atomic E-state index is 0.0390. The normalized spacial score (nSPS) is 12.4. The molecule has 0 atom stereocenters. The van der Waals surface area contributed by atoms with E-state index in [1.165, 1.54) is 25.6 Å². The lowest BCUT2D eigenvalue weighted by Gasteiger charge is -2.22. The van der Waals surface area contributed by atoms with Crippen molar-refractivity contribution in [1.29, 1.82) is 0 Å². The SMILES string of the molecule is COc1cc2ncnc(Oc3ccc(CC(=O)Cc4ccc(Cl)c(C)c4)c(F)c3)c2c2c1OCCO2. The molecule has 0 N–H and O–H groups in total. The van der Waals surface area contributed by atoms with Gasteiger partial charge >= 0.3 is 0 Å². The van der Waals surface area contributed by atoms with Crippen LogP contribution >= 0.6 is 11.6 Å². The van der Waals surface area contributed by atoms with Gasteiger partial charge in [-0.1, -0.05) is 29.8 Å². The van der Waals surface area contributed by atoms with Gasteiger partial charge in [0.15, 0.2) is 11.5 Å². The molecule has 0 amide bonds. The number of benzene rings is 3. The van der Waals surface area contributed by atoms with Gasteiger partial charge in [0, 0.05) is 30.0 Å². The summed E-state index contributed by atoms with van der Waals surface area (Å²) < 4.78 is 37.8. The van der Waals surface area contributed by atoms with E-state index in [9.17, 15) is 9.18 Å². The second-order valence-corrected chi connectivity index (χ2v) is 8.75. The third kappa shape index (κ3) is 4.77. The largest absolute Gasteiger partial charge is 0.493 e. The molecular formula is C27H22ClFN2O5. The second kappa shape index (κ2) is 9.99. The topological polar surface area (TPSA) is 79.8 Å². The first kappa shape index (κ1) is 23.8. The van der Waals surface area contributed by atoms with E-state index in [2.05, 4.69) is 9.97 Å². The van der Waals surface area contributed by atoms with Crippen molar-refractivity contribution in [2.75, 3.05) is 20.3 Å². The molecule has 0 aliphatic carbocycles. The van der Waals surface area contributed by atoms with Crippen molar-refractivity contribution in [3.05, 3.63) is 76.3 Å². The summed E-state index contributed by atoms with van der Waals surface area (Å²) in [5.41, 5.74) is 2.54. The fourth-order valence-corrected chi connectivity index (χ4v) is 4.19. The van der Waals surface area contributed by atoms with Crippen molar-refractivity contribution in [1.82, 2.24) is 9.97 Å². The summed E-state index contributed by atoms with van der Waals surface area (Å²) in [5, 5.41) is 1.13. The van der Waals surface area contributed by atoms with E-state index in [-0.39, 0.29) is 35.8 Å². The van der Waals surface area contributed by atoms with Crippen LogP contribution in [0.2, 0.25) is 5.02 Å². The van der Waals surface area contributed by atoms with Crippen LogP contribution in [0.1, 0.15) is 16.7 Å². The van der Waals surface area contributed by atoms with E-state index < -0.39 is 5.82 Å². The number of fused-ring (bicyclic) bond motifs is 3. The number of rotatable bonds is 7. The van der Waals surface area contributed by atoms with Crippen molar-refractivity contribution in [3.63, 3.8) is 0 Å². The molecule has 0 unspecified atom stereocenters. The van der Waals surface area contributed by atoms with Gasteiger partial charge in [0.25, 0.3) is 0 Å². The maximum absolute atomic E-state index is 14.9. The summed E-state index contributed by atoms with van der Waals surface area (Å²) in [6, 6.07) is 11.5. The summed E-state index contributed by atoms with van der Waals surface area (Å²) in [6.07, 6.45) is 1.50. The predicted molar refractivity (Wildman–Crippen MR) is 132 cm³/mol. The van der Waals surface area contributed by atoms with Gasteiger partial charge in [0.1, 0.15) is 42.3 Å². The summed E-state index contributed by atoms with van der Waals surface area (Å²) >= 11 is 6.05. The Morgan fingerprint density at radius 1 is 1.06 bits per heavy atom. The number of nitrogens with zero attached hydrogens (tertiary/aromatic N) is 2. The van der Waals surface area contributed by atoms with Crippen LogP contribution in [0.15, 0.2) is 48.8 Å². The van der Waals surface area contributed by atoms with Gasteiger partial charge in [-0.25, -0.2) is 14.4 Å². The summed E-state index contributed by atoms with van der Waals surface area (Å²) in [4.78, 5) is 21.1. The molecule has 5 rings (SSSR count). The molecular weight excluding hydrogens is 487 g/mol. The molecule has 0 spiro atoms. The van der Waals surface area contributed by atoms with Gasteiger partial charge in [-0.3, -0.25) is 4.79 Å². The Labute approximate surface area is 211 Å². The highest BCUT2D eigenvalue weighted by atomic mass is 35.5. The molecule has 1 aromatic heterocycles. The van der Waals surface area contributed by atoms with Crippen LogP contribution in [0.4, 0.5) is 4.39 Å². The van der Waals surface area contributed by atoms with E-state index in [4.69, 9.17) is 30.5 Å². The molecule has 9 heteroatoms. The van der Waals surface area contributed by atoms with Crippen molar-refractivity contribution in [2.24, 2.45) is 0 Å². The van der Waals surface area contributed by atoms with E-state index in [1.54, 1.807) is 24.3 Å². The van der Waals surface area contributed by atoms with Crippen LogP contribution in [0.3, 0.4) is 0 Å². The van der Waals surface area contributed by atoms with Crippen LogP contribution < -0.4 is 18.9 Å². The molecule has 1 aliphatic heterocycles. The van der Waals surface area contributed by atoms with Gasteiger partial charge in [0.05, 0.1) is 12.6 Å². The van der Waals surface area contributed by atoms with Crippen LogP contribution in [0.25, 0.3) is 10.9 Å². The molecule has 0 saturated heterocycles. The number of methoxy groups -OCH3 is 1. The lowest BCUT2D eigenvalue weighted by Crippen LogP contribution is -2.16.